The van der Waals surface area contributed by atoms with Crippen molar-refractivity contribution in [1.29, 1.82) is 0 Å². The maximum absolute atomic E-state index is 5.61. The number of anilines is 2. The van der Waals surface area contributed by atoms with Gasteiger partial charge >= 0.3 is 0 Å². The molecule has 0 aliphatic rings. The minimum atomic E-state index is 0.827. The van der Waals surface area contributed by atoms with Gasteiger partial charge in [0.2, 0.25) is 0 Å². The molecule has 1 aromatic carbocycles. The van der Waals surface area contributed by atoms with Crippen LogP contribution in [0.1, 0.15) is 19.8 Å². The molecule has 0 saturated heterocycles. The summed E-state index contributed by atoms with van der Waals surface area (Å²) in [5, 5.41) is 0. The van der Waals surface area contributed by atoms with Crippen LogP contribution in [0.15, 0.2) is 24.3 Å². The van der Waals surface area contributed by atoms with Crippen molar-refractivity contribution in [3.05, 3.63) is 24.3 Å². The summed E-state index contributed by atoms with van der Waals surface area (Å²) >= 11 is 0. The first-order valence-corrected chi connectivity index (χ1v) is 4.80. The molecule has 72 valence electrons. The number of hydrogen-bond donors (Lipinski definition) is 1. The highest BCUT2D eigenvalue weighted by atomic mass is 15.1. The van der Waals surface area contributed by atoms with Crippen LogP contribution in [-0.4, -0.2) is 13.6 Å². The number of nitrogens with zero attached hydrogens (tertiary/aromatic N) is 1. The second-order valence-electron chi connectivity index (χ2n) is 3.37. The van der Waals surface area contributed by atoms with Crippen LogP contribution in [0.3, 0.4) is 0 Å². The molecule has 0 unspecified atom stereocenters. The molecule has 1 rings (SSSR count). The fraction of sp³-hybridized carbons (Fsp3) is 0.455. The maximum Gasteiger partial charge on any atom is 0.0365 e. The molecule has 0 radical (unpaired) electrons. The van der Waals surface area contributed by atoms with Crippen molar-refractivity contribution in [3.63, 3.8) is 0 Å². The first-order chi connectivity index (χ1) is 6.24. The van der Waals surface area contributed by atoms with Gasteiger partial charge in [-0.25, -0.2) is 0 Å². The minimum absolute atomic E-state index is 0.827. The van der Waals surface area contributed by atoms with Gasteiger partial charge in [-0.1, -0.05) is 13.3 Å². The Morgan fingerprint density at radius 3 is 2.38 bits per heavy atom. The van der Waals surface area contributed by atoms with Gasteiger partial charge in [-0.2, -0.15) is 0 Å². The number of unbranched alkanes of at least 4 members (excludes halogenated alkanes) is 1. The Balaban J connectivity index is 2.55. The lowest BCUT2D eigenvalue weighted by atomic mass is 10.2. The highest BCUT2D eigenvalue weighted by Crippen LogP contribution is 2.14. The van der Waals surface area contributed by atoms with E-state index in [1.54, 1.807) is 0 Å². The van der Waals surface area contributed by atoms with Crippen LogP contribution in [0, 0.1) is 0 Å². The number of nitrogen functional groups attached to an aromatic ring is 1. The van der Waals surface area contributed by atoms with Crippen molar-refractivity contribution < 1.29 is 0 Å². The van der Waals surface area contributed by atoms with Crippen LogP contribution in [0.4, 0.5) is 11.4 Å². The van der Waals surface area contributed by atoms with E-state index in [-0.39, 0.29) is 0 Å². The second-order valence-corrected chi connectivity index (χ2v) is 3.37. The molecule has 0 aliphatic heterocycles. The summed E-state index contributed by atoms with van der Waals surface area (Å²) in [5.74, 6) is 0. The fourth-order valence-electron chi connectivity index (χ4n) is 1.25. The van der Waals surface area contributed by atoms with Crippen molar-refractivity contribution in [3.8, 4) is 0 Å². The van der Waals surface area contributed by atoms with Gasteiger partial charge in [0.15, 0.2) is 0 Å². The van der Waals surface area contributed by atoms with E-state index < -0.39 is 0 Å². The van der Waals surface area contributed by atoms with Crippen LogP contribution in [0.5, 0.6) is 0 Å². The predicted octanol–water partition coefficient (Wildman–Crippen LogP) is 2.51. The molecule has 0 heterocycles. The standard InChI is InChI=1S/C11H18N2/c1-3-4-9-13(2)11-7-5-10(12)6-8-11/h5-8H,3-4,9,12H2,1-2H3. The molecule has 1 aromatic rings. The Hall–Kier alpha value is -1.18. The number of rotatable bonds is 4. The summed E-state index contributed by atoms with van der Waals surface area (Å²) in [6, 6.07) is 8.01. The molecule has 2 heteroatoms. The quantitative estimate of drug-likeness (QED) is 0.718. The monoisotopic (exact) mass is 178 g/mol. The molecular formula is C11H18N2. The van der Waals surface area contributed by atoms with E-state index in [0.29, 0.717) is 0 Å². The predicted molar refractivity (Wildman–Crippen MR) is 59.0 cm³/mol. The highest BCUT2D eigenvalue weighted by Gasteiger charge is 1.98. The summed E-state index contributed by atoms with van der Waals surface area (Å²) in [6.45, 7) is 3.32. The highest BCUT2D eigenvalue weighted by molar-refractivity contribution is 5.52. The van der Waals surface area contributed by atoms with Crippen molar-refractivity contribution in [2.24, 2.45) is 0 Å². The van der Waals surface area contributed by atoms with E-state index >= 15 is 0 Å². The molecule has 2 N–H and O–H groups in total. The molecule has 0 fully saturated rings. The molecule has 0 atom stereocenters. The lowest BCUT2D eigenvalue weighted by Crippen LogP contribution is -2.17. The molecule has 0 saturated carbocycles. The average molecular weight is 178 g/mol. The van der Waals surface area contributed by atoms with Gasteiger partial charge in [0.05, 0.1) is 0 Å². The number of hydrogen-bond acceptors (Lipinski definition) is 2. The van der Waals surface area contributed by atoms with Gasteiger partial charge in [-0.15, -0.1) is 0 Å². The van der Waals surface area contributed by atoms with Gasteiger partial charge in [0.1, 0.15) is 0 Å². The van der Waals surface area contributed by atoms with E-state index in [4.69, 9.17) is 5.73 Å². The Labute approximate surface area is 80.4 Å². The Morgan fingerprint density at radius 2 is 1.85 bits per heavy atom. The Bertz CT molecular complexity index is 241. The van der Waals surface area contributed by atoms with E-state index in [1.807, 2.05) is 12.1 Å². The molecular weight excluding hydrogens is 160 g/mol. The largest absolute Gasteiger partial charge is 0.399 e. The van der Waals surface area contributed by atoms with Crippen LogP contribution in [0.25, 0.3) is 0 Å². The number of benzene rings is 1. The van der Waals surface area contributed by atoms with Crippen molar-refractivity contribution >= 4 is 11.4 Å². The smallest absolute Gasteiger partial charge is 0.0365 e. The summed E-state index contributed by atoms with van der Waals surface area (Å²) in [4.78, 5) is 2.25. The normalized spacial score (nSPS) is 10.0. The van der Waals surface area contributed by atoms with Gasteiger partial charge < -0.3 is 10.6 Å². The Kier molecular flexibility index (Phi) is 3.62. The number of nitrogens with two attached hydrogens (primary N) is 1. The Morgan fingerprint density at radius 1 is 1.23 bits per heavy atom. The van der Waals surface area contributed by atoms with Gasteiger partial charge in [-0.05, 0) is 30.7 Å². The van der Waals surface area contributed by atoms with Crippen LogP contribution < -0.4 is 10.6 Å². The van der Waals surface area contributed by atoms with Gasteiger partial charge in [-0.3, -0.25) is 0 Å². The molecule has 0 aliphatic carbocycles. The molecule has 0 aromatic heterocycles. The average Bonchev–Trinajstić information content (AvgIpc) is 2.15. The summed E-state index contributed by atoms with van der Waals surface area (Å²) in [6.07, 6.45) is 2.47. The summed E-state index contributed by atoms with van der Waals surface area (Å²) < 4.78 is 0. The van der Waals surface area contributed by atoms with E-state index in [2.05, 4.69) is 31.0 Å². The fourth-order valence-corrected chi connectivity index (χ4v) is 1.25. The first kappa shape index (κ1) is 9.90. The van der Waals surface area contributed by atoms with Crippen LogP contribution >= 0.6 is 0 Å². The third-order valence-electron chi connectivity index (χ3n) is 2.18. The third-order valence-corrected chi connectivity index (χ3v) is 2.18. The molecule has 0 spiro atoms. The van der Waals surface area contributed by atoms with Gasteiger partial charge in [0.25, 0.3) is 0 Å². The summed E-state index contributed by atoms with van der Waals surface area (Å²) in [7, 11) is 2.11. The van der Waals surface area contributed by atoms with E-state index in [9.17, 15) is 0 Å². The van der Waals surface area contributed by atoms with E-state index in [1.165, 1.54) is 18.5 Å². The molecule has 0 bridgehead atoms. The van der Waals surface area contributed by atoms with Crippen molar-refractivity contribution in [2.75, 3.05) is 24.2 Å². The van der Waals surface area contributed by atoms with Crippen molar-refractivity contribution in [2.45, 2.75) is 19.8 Å². The maximum atomic E-state index is 5.61. The first-order valence-electron chi connectivity index (χ1n) is 4.80. The summed E-state index contributed by atoms with van der Waals surface area (Å²) in [5.41, 5.74) is 7.67. The second kappa shape index (κ2) is 4.75. The topological polar surface area (TPSA) is 29.3 Å². The lowest BCUT2D eigenvalue weighted by molar-refractivity contribution is 0.767. The van der Waals surface area contributed by atoms with Gasteiger partial charge in [0, 0.05) is 25.0 Å². The third kappa shape index (κ3) is 2.98. The zero-order valence-corrected chi connectivity index (χ0v) is 8.46. The lowest BCUT2D eigenvalue weighted by Gasteiger charge is -2.18. The zero-order valence-electron chi connectivity index (χ0n) is 8.46. The molecule has 2 nitrogen and oxygen atoms in total. The molecule has 13 heavy (non-hydrogen) atoms. The zero-order chi connectivity index (χ0) is 9.68. The van der Waals surface area contributed by atoms with Crippen LogP contribution in [-0.2, 0) is 0 Å². The molecule has 0 amide bonds. The van der Waals surface area contributed by atoms with Crippen molar-refractivity contribution in [1.82, 2.24) is 0 Å². The van der Waals surface area contributed by atoms with E-state index in [0.717, 1.165) is 12.2 Å². The van der Waals surface area contributed by atoms with Crippen LogP contribution in [0.2, 0.25) is 0 Å². The minimum Gasteiger partial charge on any atom is -0.399 e. The SMILES string of the molecule is CCCCN(C)c1ccc(N)cc1.